The van der Waals surface area contributed by atoms with Crippen molar-refractivity contribution in [2.45, 2.75) is 64.1 Å². The van der Waals surface area contributed by atoms with Crippen LogP contribution in [0.3, 0.4) is 0 Å². The maximum atomic E-state index is 13.0. The Balaban J connectivity index is 1.40. The molecule has 0 aromatic heterocycles. The summed E-state index contributed by atoms with van der Waals surface area (Å²) in [6, 6.07) is 16.0. The number of carbonyl (C=O) groups excluding carboxylic acids is 2. The van der Waals surface area contributed by atoms with E-state index in [0.717, 1.165) is 43.4 Å². The van der Waals surface area contributed by atoms with E-state index >= 15 is 0 Å². The molecular weight excluding hydrogens is 362 g/mol. The molecule has 3 amide bonds. The zero-order valence-corrected chi connectivity index (χ0v) is 17.2. The number of nitrogens with zero attached hydrogens (tertiary/aromatic N) is 1. The van der Waals surface area contributed by atoms with Crippen molar-refractivity contribution < 1.29 is 9.59 Å². The first kappa shape index (κ1) is 19.5. The summed E-state index contributed by atoms with van der Waals surface area (Å²) in [6.07, 6.45) is 4.76. The summed E-state index contributed by atoms with van der Waals surface area (Å²) >= 11 is 0. The maximum absolute atomic E-state index is 13.0. The largest absolute Gasteiger partial charge is 0.349 e. The van der Waals surface area contributed by atoms with Crippen LogP contribution in [0.25, 0.3) is 0 Å². The Hall–Kier alpha value is -2.82. The van der Waals surface area contributed by atoms with Gasteiger partial charge in [0.1, 0.15) is 0 Å². The molecule has 4 rings (SSSR count). The third kappa shape index (κ3) is 4.44. The van der Waals surface area contributed by atoms with Gasteiger partial charge in [0, 0.05) is 29.4 Å². The lowest BCUT2D eigenvalue weighted by Gasteiger charge is -2.48. The Morgan fingerprint density at radius 2 is 1.41 bits per heavy atom. The summed E-state index contributed by atoms with van der Waals surface area (Å²) < 4.78 is 0. The van der Waals surface area contributed by atoms with E-state index in [0.29, 0.717) is 5.56 Å². The lowest BCUT2D eigenvalue weighted by atomic mass is 9.82. The summed E-state index contributed by atoms with van der Waals surface area (Å²) in [5.41, 5.74) is 3.84. The van der Waals surface area contributed by atoms with Gasteiger partial charge in [-0.3, -0.25) is 4.79 Å². The third-order valence-corrected chi connectivity index (χ3v) is 6.16. The average molecular weight is 392 g/mol. The first-order valence-corrected chi connectivity index (χ1v) is 10.5. The van der Waals surface area contributed by atoms with E-state index in [1.165, 1.54) is 5.56 Å². The quantitative estimate of drug-likeness (QED) is 0.800. The highest BCUT2D eigenvalue weighted by molar-refractivity contribution is 5.94. The van der Waals surface area contributed by atoms with Crippen LogP contribution in [0, 0.1) is 13.8 Å². The Labute approximate surface area is 172 Å². The Morgan fingerprint density at radius 1 is 0.862 bits per heavy atom. The van der Waals surface area contributed by atoms with E-state index in [-0.39, 0.29) is 30.1 Å². The Kier molecular flexibility index (Phi) is 5.56. The lowest BCUT2D eigenvalue weighted by molar-refractivity contribution is 0.0577. The molecule has 5 nitrogen and oxygen atoms in total. The fourth-order valence-corrected chi connectivity index (χ4v) is 4.63. The average Bonchev–Trinajstić information content (AvgIpc) is 2.69. The van der Waals surface area contributed by atoms with Crippen molar-refractivity contribution in [1.29, 1.82) is 0 Å². The number of piperidine rings is 2. The molecule has 0 unspecified atom stereocenters. The molecule has 2 bridgehead atoms. The molecular formula is C24H29N3O2. The summed E-state index contributed by atoms with van der Waals surface area (Å²) in [5, 5.41) is 6.26. The predicted octanol–water partition coefficient (Wildman–Crippen LogP) is 4.65. The van der Waals surface area contributed by atoms with Crippen LogP contribution in [0.15, 0.2) is 48.5 Å². The van der Waals surface area contributed by atoms with Crippen LogP contribution in [0.4, 0.5) is 10.5 Å². The second-order valence-corrected chi connectivity index (χ2v) is 8.45. The predicted molar refractivity (Wildman–Crippen MR) is 115 cm³/mol. The van der Waals surface area contributed by atoms with Crippen molar-refractivity contribution in [3.05, 3.63) is 65.2 Å². The van der Waals surface area contributed by atoms with Gasteiger partial charge in [-0.05, 0) is 70.2 Å². The number of benzene rings is 2. The van der Waals surface area contributed by atoms with Gasteiger partial charge in [0.05, 0.1) is 0 Å². The van der Waals surface area contributed by atoms with Crippen LogP contribution in [-0.4, -0.2) is 35.0 Å². The van der Waals surface area contributed by atoms with Gasteiger partial charge in [0.15, 0.2) is 0 Å². The van der Waals surface area contributed by atoms with Crippen molar-refractivity contribution in [3.8, 4) is 0 Å². The third-order valence-electron chi connectivity index (χ3n) is 6.16. The second kappa shape index (κ2) is 8.27. The number of amides is 3. The minimum absolute atomic E-state index is 0.0214. The zero-order valence-electron chi connectivity index (χ0n) is 17.2. The molecule has 2 aliphatic rings. The summed E-state index contributed by atoms with van der Waals surface area (Å²) in [6.45, 7) is 4.05. The van der Waals surface area contributed by atoms with E-state index in [2.05, 4.69) is 10.6 Å². The minimum atomic E-state index is -0.0226. The molecule has 152 valence electrons. The van der Waals surface area contributed by atoms with Gasteiger partial charge in [-0.25, -0.2) is 4.79 Å². The standard InChI is InChI=1S/C24H29N3O2/c1-16-6-10-18(11-7-16)23(28)25-20-14-21-4-3-5-22(15-20)27(21)24(29)26-19-12-8-17(2)9-13-19/h6-13,20-22H,3-5,14-15H2,1-2H3,(H,25,28)(H,26,29)/t21-,22-/m1/s1. The van der Waals surface area contributed by atoms with Gasteiger partial charge in [-0.2, -0.15) is 0 Å². The fourth-order valence-electron chi connectivity index (χ4n) is 4.63. The molecule has 2 atom stereocenters. The van der Waals surface area contributed by atoms with Crippen LogP contribution in [-0.2, 0) is 0 Å². The summed E-state index contributed by atoms with van der Waals surface area (Å²) in [5.74, 6) is -0.0226. The summed E-state index contributed by atoms with van der Waals surface area (Å²) in [7, 11) is 0. The van der Waals surface area contributed by atoms with Gasteiger partial charge in [-0.15, -0.1) is 0 Å². The molecule has 0 radical (unpaired) electrons. The van der Waals surface area contributed by atoms with E-state index in [1.807, 2.05) is 67.3 Å². The second-order valence-electron chi connectivity index (χ2n) is 8.45. The first-order chi connectivity index (χ1) is 14.0. The van der Waals surface area contributed by atoms with Crippen molar-refractivity contribution in [2.75, 3.05) is 5.32 Å². The molecule has 29 heavy (non-hydrogen) atoms. The fraction of sp³-hybridized carbons (Fsp3) is 0.417. The van der Waals surface area contributed by atoms with E-state index < -0.39 is 0 Å². The van der Waals surface area contributed by atoms with Gasteiger partial charge in [-0.1, -0.05) is 35.4 Å². The van der Waals surface area contributed by atoms with Crippen LogP contribution < -0.4 is 10.6 Å². The summed E-state index contributed by atoms with van der Waals surface area (Å²) in [4.78, 5) is 27.6. The molecule has 2 heterocycles. The Bertz CT molecular complexity index is 862. The van der Waals surface area contributed by atoms with Gasteiger partial charge in [0.2, 0.25) is 0 Å². The highest BCUT2D eigenvalue weighted by atomic mass is 16.2. The van der Waals surface area contributed by atoms with E-state index in [9.17, 15) is 9.59 Å². The lowest BCUT2D eigenvalue weighted by Crippen LogP contribution is -2.59. The minimum Gasteiger partial charge on any atom is -0.349 e. The van der Waals surface area contributed by atoms with E-state index in [4.69, 9.17) is 0 Å². The number of anilines is 1. The number of hydrogen-bond donors (Lipinski definition) is 2. The normalized spacial score (nSPS) is 23.4. The molecule has 2 aliphatic heterocycles. The molecule has 0 saturated carbocycles. The monoisotopic (exact) mass is 391 g/mol. The van der Waals surface area contributed by atoms with Gasteiger partial charge in [0.25, 0.3) is 5.91 Å². The Morgan fingerprint density at radius 3 is 2.00 bits per heavy atom. The molecule has 2 aromatic rings. The smallest absolute Gasteiger partial charge is 0.322 e. The van der Waals surface area contributed by atoms with E-state index in [1.54, 1.807) is 0 Å². The number of nitrogens with one attached hydrogen (secondary N) is 2. The van der Waals surface area contributed by atoms with Crippen molar-refractivity contribution >= 4 is 17.6 Å². The maximum Gasteiger partial charge on any atom is 0.322 e. The van der Waals surface area contributed by atoms with Gasteiger partial charge >= 0.3 is 6.03 Å². The van der Waals surface area contributed by atoms with Crippen LogP contribution in [0.5, 0.6) is 0 Å². The molecule has 0 aliphatic carbocycles. The van der Waals surface area contributed by atoms with Crippen LogP contribution >= 0.6 is 0 Å². The highest BCUT2D eigenvalue weighted by Crippen LogP contribution is 2.34. The number of aryl methyl sites for hydroxylation is 2. The molecule has 5 heteroatoms. The molecule has 0 spiro atoms. The molecule has 2 aromatic carbocycles. The molecule has 2 N–H and O–H groups in total. The molecule has 2 fully saturated rings. The number of urea groups is 1. The topological polar surface area (TPSA) is 61.4 Å². The number of rotatable bonds is 3. The number of hydrogen-bond acceptors (Lipinski definition) is 2. The molecule has 2 saturated heterocycles. The van der Waals surface area contributed by atoms with Crippen LogP contribution in [0.1, 0.15) is 53.6 Å². The van der Waals surface area contributed by atoms with Crippen molar-refractivity contribution in [2.24, 2.45) is 0 Å². The SMILES string of the molecule is Cc1ccc(NC(=O)N2[C@@H]3CCC[C@@H]2CC(NC(=O)c2ccc(C)cc2)C3)cc1. The van der Waals surface area contributed by atoms with Gasteiger partial charge < -0.3 is 15.5 Å². The van der Waals surface area contributed by atoms with Crippen LogP contribution in [0.2, 0.25) is 0 Å². The number of fused-ring (bicyclic) bond motifs is 2. The highest BCUT2D eigenvalue weighted by Gasteiger charge is 2.41. The van der Waals surface area contributed by atoms with Crippen molar-refractivity contribution in [3.63, 3.8) is 0 Å². The van der Waals surface area contributed by atoms with Crippen molar-refractivity contribution in [1.82, 2.24) is 10.2 Å². The number of carbonyl (C=O) groups is 2. The first-order valence-electron chi connectivity index (χ1n) is 10.5. The zero-order chi connectivity index (χ0) is 20.4.